The number of nitrogens with zero attached hydrogens (tertiary/aromatic N) is 4. The van der Waals surface area contributed by atoms with Gasteiger partial charge in [0.1, 0.15) is 11.9 Å². The summed E-state index contributed by atoms with van der Waals surface area (Å²) < 4.78 is 0. The maximum atomic E-state index is 11.5. The molecule has 0 aromatic carbocycles. The molecule has 2 rings (SSSR count). The molecular formula is C16H24N4O2. The Balaban J connectivity index is 1.99. The fourth-order valence-corrected chi connectivity index (χ4v) is 2.42. The molecule has 1 aromatic rings. The van der Waals surface area contributed by atoms with Gasteiger partial charge in [-0.3, -0.25) is 14.7 Å². The van der Waals surface area contributed by atoms with Crippen molar-refractivity contribution in [3.63, 3.8) is 0 Å². The van der Waals surface area contributed by atoms with Crippen molar-refractivity contribution in [2.24, 2.45) is 5.41 Å². The van der Waals surface area contributed by atoms with Gasteiger partial charge in [-0.05, 0) is 5.41 Å². The first-order valence-corrected chi connectivity index (χ1v) is 7.54. The zero-order valence-corrected chi connectivity index (χ0v) is 13.4. The maximum Gasteiger partial charge on any atom is 0.324 e. The number of carbonyl (C=O) groups is 1. The lowest BCUT2D eigenvalue weighted by Gasteiger charge is -2.37. The van der Waals surface area contributed by atoms with Crippen LogP contribution in [0.15, 0.2) is 30.7 Å². The number of piperazine rings is 1. The first-order valence-electron chi connectivity index (χ1n) is 7.54. The van der Waals surface area contributed by atoms with Crippen LogP contribution in [0, 0.1) is 5.41 Å². The van der Waals surface area contributed by atoms with Crippen molar-refractivity contribution in [2.75, 3.05) is 31.1 Å². The SMILES string of the molecule is CC(C)(C)/C=C/[C@H](C(=O)O)N1CCN(c2cnccn2)CC1. The summed E-state index contributed by atoms with van der Waals surface area (Å²) in [5.74, 6) is 0.0488. The summed E-state index contributed by atoms with van der Waals surface area (Å²) in [5.41, 5.74) is -0.0187. The van der Waals surface area contributed by atoms with Crippen LogP contribution in [-0.2, 0) is 4.79 Å². The summed E-state index contributed by atoms with van der Waals surface area (Å²) in [6.45, 7) is 9.10. The zero-order valence-electron chi connectivity index (χ0n) is 13.4. The van der Waals surface area contributed by atoms with E-state index in [4.69, 9.17) is 0 Å². The summed E-state index contributed by atoms with van der Waals surface area (Å²) in [4.78, 5) is 24.0. The van der Waals surface area contributed by atoms with Crippen LogP contribution < -0.4 is 4.90 Å². The number of anilines is 1. The third-order valence-corrected chi connectivity index (χ3v) is 3.61. The monoisotopic (exact) mass is 304 g/mol. The predicted molar refractivity (Wildman–Crippen MR) is 85.8 cm³/mol. The molecule has 120 valence electrons. The highest BCUT2D eigenvalue weighted by atomic mass is 16.4. The Kier molecular flexibility index (Phi) is 5.13. The standard InChI is InChI=1S/C16H24N4O2/c1-16(2,3)5-4-13(15(21)22)19-8-10-20(11-9-19)14-12-17-6-7-18-14/h4-7,12-13H,8-11H2,1-3H3,(H,21,22)/b5-4+/t13-/m1/s1. The van der Waals surface area contributed by atoms with Gasteiger partial charge in [-0.25, -0.2) is 4.98 Å². The van der Waals surface area contributed by atoms with Crippen LogP contribution in [0.3, 0.4) is 0 Å². The van der Waals surface area contributed by atoms with Gasteiger partial charge < -0.3 is 10.0 Å². The Bertz CT molecular complexity index is 517. The smallest absolute Gasteiger partial charge is 0.324 e. The van der Waals surface area contributed by atoms with Crippen LogP contribution in [-0.4, -0.2) is 58.2 Å². The lowest BCUT2D eigenvalue weighted by atomic mass is 9.95. The number of allylic oxidation sites excluding steroid dienone is 1. The van der Waals surface area contributed by atoms with E-state index in [2.05, 4.69) is 35.6 Å². The van der Waals surface area contributed by atoms with Crippen molar-refractivity contribution in [1.82, 2.24) is 14.9 Å². The minimum atomic E-state index is -0.798. The molecular weight excluding hydrogens is 280 g/mol. The molecule has 0 amide bonds. The molecule has 0 radical (unpaired) electrons. The third-order valence-electron chi connectivity index (χ3n) is 3.61. The molecule has 1 atom stereocenters. The normalized spacial score (nSPS) is 18.6. The van der Waals surface area contributed by atoms with Gasteiger partial charge in [-0.2, -0.15) is 0 Å². The van der Waals surface area contributed by atoms with E-state index in [0.29, 0.717) is 13.1 Å². The van der Waals surface area contributed by atoms with Gasteiger partial charge in [0.25, 0.3) is 0 Å². The third kappa shape index (κ3) is 4.53. The van der Waals surface area contributed by atoms with E-state index >= 15 is 0 Å². The molecule has 6 heteroatoms. The number of hydrogen-bond acceptors (Lipinski definition) is 5. The van der Waals surface area contributed by atoms with E-state index in [9.17, 15) is 9.90 Å². The highest BCUT2D eigenvalue weighted by Crippen LogP contribution is 2.18. The molecule has 1 aliphatic rings. The number of hydrogen-bond donors (Lipinski definition) is 1. The molecule has 6 nitrogen and oxygen atoms in total. The second-order valence-corrected chi connectivity index (χ2v) is 6.59. The molecule has 0 spiro atoms. The average molecular weight is 304 g/mol. The van der Waals surface area contributed by atoms with Gasteiger partial charge in [-0.15, -0.1) is 0 Å². The quantitative estimate of drug-likeness (QED) is 0.853. The first kappa shape index (κ1) is 16.4. The first-order chi connectivity index (χ1) is 10.4. The average Bonchev–Trinajstić information content (AvgIpc) is 2.47. The summed E-state index contributed by atoms with van der Waals surface area (Å²) in [7, 11) is 0. The van der Waals surface area contributed by atoms with Crippen LogP contribution in [0.1, 0.15) is 20.8 Å². The van der Waals surface area contributed by atoms with E-state index in [1.807, 2.05) is 11.0 Å². The maximum absolute atomic E-state index is 11.5. The summed E-state index contributed by atoms with van der Waals surface area (Å²) in [6, 6.07) is -0.566. The van der Waals surface area contributed by atoms with Gasteiger partial charge in [0.2, 0.25) is 0 Å². The minimum absolute atomic E-state index is 0.0187. The van der Waals surface area contributed by atoms with Crippen molar-refractivity contribution < 1.29 is 9.90 Å². The predicted octanol–water partition coefficient (Wildman–Crippen LogP) is 1.65. The summed E-state index contributed by atoms with van der Waals surface area (Å²) in [6.07, 6.45) is 8.84. The van der Waals surface area contributed by atoms with Crippen molar-refractivity contribution >= 4 is 11.8 Å². The Morgan fingerprint density at radius 2 is 1.95 bits per heavy atom. The molecule has 0 bridgehead atoms. The van der Waals surface area contributed by atoms with E-state index in [-0.39, 0.29) is 5.41 Å². The Morgan fingerprint density at radius 1 is 1.27 bits per heavy atom. The van der Waals surface area contributed by atoms with Gasteiger partial charge in [-0.1, -0.05) is 32.9 Å². The number of carboxylic acids is 1. The minimum Gasteiger partial charge on any atom is -0.480 e. The molecule has 22 heavy (non-hydrogen) atoms. The van der Waals surface area contributed by atoms with Crippen molar-refractivity contribution in [3.8, 4) is 0 Å². The topological polar surface area (TPSA) is 69.6 Å². The Hall–Kier alpha value is -1.95. The van der Waals surface area contributed by atoms with Crippen molar-refractivity contribution in [3.05, 3.63) is 30.7 Å². The molecule has 1 aliphatic heterocycles. The lowest BCUT2D eigenvalue weighted by molar-refractivity contribution is -0.141. The van der Waals surface area contributed by atoms with Crippen LogP contribution in [0.5, 0.6) is 0 Å². The molecule has 0 saturated carbocycles. The lowest BCUT2D eigenvalue weighted by Crippen LogP contribution is -2.52. The van der Waals surface area contributed by atoms with Crippen LogP contribution >= 0.6 is 0 Å². The number of aromatic nitrogens is 2. The molecule has 1 saturated heterocycles. The second kappa shape index (κ2) is 6.87. The van der Waals surface area contributed by atoms with E-state index in [1.165, 1.54) is 0 Å². The highest BCUT2D eigenvalue weighted by Gasteiger charge is 2.27. The van der Waals surface area contributed by atoms with Crippen LogP contribution in [0.25, 0.3) is 0 Å². The Morgan fingerprint density at radius 3 is 2.45 bits per heavy atom. The number of carboxylic acid groups (broad SMARTS) is 1. The fraction of sp³-hybridized carbons (Fsp3) is 0.562. The van der Waals surface area contributed by atoms with Gasteiger partial charge in [0.15, 0.2) is 0 Å². The van der Waals surface area contributed by atoms with Crippen LogP contribution in [0.2, 0.25) is 0 Å². The molecule has 1 fully saturated rings. The van der Waals surface area contributed by atoms with Crippen molar-refractivity contribution in [2.45, 2.75) is 26.8 Å². The second-order valence-electron chi connectivity index (χ2n) is 6.59. The summed E-state index contributed by atoms with van der Waals surface area (Å²) >= 11 is 0. The number of rotatable bonds is 4. The molecule has 2 heterocycles. The van der Waals surface area contributed by atoms with Gasteiger partial charge in [0, 0.05) is 38.6 Å². The van der Waals surface area contributed by atoms with Gasteiger partial charge >= 0.3 is 5.97 Å². The highest BCUT2D eigenvalue weighted by molar-refractivity contribution is 5.76. The number of aliphatic carboxylic acids is 1. The zero-order chi connectivity index (χ0) is 16.2. The van der Waals surface area contributed by atoms with E-state index in [1.54, 1.807) is 24.7 Å². The van der Waals surface area contributed by atoms with Gasteiger partial charge in [0.05, 0.1) is 6.20 Å². The van der Waals surface area contributed by atoms with E-state index in [0.717, 1.165) is 18.9 Å². The molecule has 1 N–H and O–H groups in total. The van der Waals surface area contributed by atoms with Crippen LogP contribution in [0.4, 0.5) is 5.82 Å². The Labute approximate surface area is 131 Å². The van der Waals surface area contributed by atoms with Crippen molar-refractivity contribution in [1.29, 1.82) is 0 Å². The largest absolute Gasteiger partial charge is 0.480 e. The molecule has 0 aliphatic carbocycles. The molecule has 0 unspecified atom stereocenters. The van der Waals surface area contributed by atoms with E-state index < -0.39 is 12.0 Å². The fourth-order valence-electron chi connectivity index (χ4n) is 2.42. The summed E-state index contributed by atoms with van der Waals surface area (Å²) in [5, 5.41) is 9.48. The molecule has 1 aromatic heterocycles.